The van der Waals surface area contributed by atoms with Crippen LogP contribution in [0.4, 0.5) is 10.6 Å². The van der Waals surface area contributed by atoms with E-state index in [1.54, 1.807) is 0 Å². The second-order valence-corrected chi connectivity index (χ2v) is 8.81. The zero-order chi connectivity index (χ0) is 24.0. The third-order valence-corrected chi connectivity index (χ3v) is 6.33. The van der Waals surface area contributed by atoms with Gasteiger partial charge in [-0.2, -0.15) is 5.10 Å². The molecular weight excluding hydrogens is 438 g/mol. The minimum Gasteiger partial charge on any atom is -0.352 e. The number of amides is 2. The Morgan fingerprint density at radius 1 is 0.943 bits per heavy atom. The van der Waals surface area contributed by atoms with E-state index in [0.29, 0.717) is 32.6 Å². The van der Waals surface area contributed by atoms with Crippen molar-refractivity contribution in [1.29, 1.82) is 0 Å². The van der Waals surface area contributed by atoms with Gasteiger partial charge in [-0.1, -0.05) is 61.9 Å². The summed E-state index contributed by atoms with van der Waals surface area (Å²) < 4.78 is 1.88. The Balaban J connectivity index is 1.44. The summed E-state index contributed by atoms with van der Waals surface area (Å²) in [4.78, 5) is 26.6. The van der Waals surface area contributed by atoms with Crippen molar-refractivity contribution in [2.24, 2.45) is 0 Å². The van der Waals surface area contributed by atoms with Gasteiger partial charge in [-0.25, -0.2) is 19.4 Å². The van der Waals surface area contributed by atoms with Crippen LogP contribution >= 0.6 is 0 Å². The zero-order valence-electron chi connectivity index (χ0n) is 20.1. The van der Waals surface area contributed by atoms with Crippen molar-refractivity contribution >= 4 is 22.9 Å². The molecule has 1 aliphatic rings. The summed E-state index contributed by atoms with van der Waals surface area (Å²) in [5, 5.41) is 8.61. The molecule has 0 spiro atoms. The van der Waals surface area contributed by atoms with E-state index in [0.717, 1.165) is 53.3 Å². The topological polar surface area (TPSA) is 79.2 Å². The van der Waals surface area contributed by atoms with E-state index >= 15 is 0 Å². The summed E-state index contributed by atoms with van der Waals surface area (Å²) in [6.45, 7) is 5.60. The second-order valence-electron chi connectivity index (χ2n) is 8.81. The third-order valence-electron chi connectivity index (χ3n) is 6.33. The smallest absolute Gasteiger partial charge is 0.317 e. The molecular formula is C27H31N7O. The summed E-state index contributed by atoms with van der Waals surface area (Å²) in [6, 6.07) is 20.4. The number of anilines is 1. The van der Waals surface area contributed by atoms with Gasteiger partial charge in [-0.05, 0) is 24.1 Å². The van der Waals surface area contributed by atoms with Gasteiger partial charge in [0.25, 0.3) is 0 Å². The fourth-order valence-electron chi connectivity index (χ4n) is 4.40. The Kier molecular flexibility index (Phi) is 6.88. The van der Waals surface area contributed by atoms with Crippen LogP contribution in [-0.2, 0) is 6.42 Å². The molecule has 2 aromatic heterocycles. The number of carbonyl (C=O) groups is 1. The maximum Gasteiger partial charge on any atom is 0.317 e. The van der Waals surface area contributed by atoms with Crippen LogP contribution in [0, 0.1) is 0 Å². The lowest BCUT2D eigenvalue weighted by Crippen LogP contribution is -2.52. The Morgan fingerprint density at radius 3 is 2.37 bits per heavy atom. The van der Waals surface area contributed by atoms with Crippen molar-refractivity contribution < 1.29 is 4.79 Å². The molecule has 5 rings (SSSR count). The molecule has 0 bridgehead atoms. The van der Waals surface area contributed by atoms with Crippen LogP contribution in [0.5, 0.6) is 0 Å². The van der Waals surface area contributed by atoms with Gasteiger partial charge in [0.1, 0.15) is 11.6 Å². The molecule has 0 aliphatic carbocycles. The standard InChI is InChI=1S/C27H31N7O/c1-2-3-14-28-27(35)33-17-15-32(16-18-33)25-23-20-29-34(22-12-8-5-9-13-22)26(23)31-24(30-25)19-21-10-6-4-7-11-21/h4-13,20H,2-3,14-19H2,1H3,(H,28,35). The molecule has 180 valence electrons. The molecule has 35 heavy (non-hydrogen) atoms. The Labute approximate surface area is 205 Å². The van der Waals surface area contributed by atoms with Gasteiger partial charge in [-0.15, -0.1) is 0 Å². The van der Waals surface area contributed by atoms with Crippen LogP contribution in [0.15, 0.2) is 66.9 Å². The summed E-state index contributed by atoms with van der Waals surface area (Å²) >= 11 is 0. The van der Waals surface area contributed by atoms with Gasteiger partial charge in [0.15, 0.2) is 5.65 Å². The fraction of sp³-hybridized carbons (Fsp3) is 0.333. The summed E-state index contributed by atoms with van der Waals surface area (Å²) in [5.41, 5.74) is 2.93. The van der Waals surface area contributed by atoms with Crippen LogP contribution in [-0.4, -0.2) is 63.4 Å². The molecule has 4 aromatic rings. The average molecular weight is 470 g/mol. The van der Waals surface area contributed by atoms with Crippen LogP contribution < -0.4 is 10.2 Å². The van der Waals surface area contributed by atoms with E-state index in [2.05, 4.69) is 34.4 Å². The van der Waals surface area contributed by atoms with E-state index in [9.17, 15) is 4.79 Å². The fourth-order valence-corrected chi connectivity index (χ4v) is 4.40. The molecule has 1 saturated heterocycles. The maximum atomic E-state index is 12.5. The number of urea groups is 1. The van der Waals surface area contributed by atoms with Crippen molar-refractivity contribution in [3.63, 3.8) is 0 Å². The lowest BCUT2D eigenvalue weighted by atomic mass is 10.1. The number of carbonyl (C=O) groups excluding carboxylic acids is 1. The number of nitrogens with zero attached hydrogens (tertiary/aromatic N) is 6. The predicted octanol–water partition coefficient (Wildman–Crippen LogP) is 4.04. The van der Waals surface area contributed by atoms with E-state index in [4.69, 9.17) is 9.97 Å². The van der Waals surface area contributed by atoms with Gasteiger partial charge in [0.05, 0.1) is 17.3 Å². The molecule has 1 aliphatic heterocycles. The van der Waals surface area contributed by atoms with E-state index in [1.165, 1.54) is 0 Å². The molecule has 0 atom stereocenters. The molecule has 0 unspecified atom stereocenters. The van der Waals surface area contributed by atoms with E-state index in [1.807, 2.05) is 64.3 Å². The summed E-state index contributed by atoms with van der Waals surface area (Å²) in [5.74, 6) is 1.64. The third kappa shape index (κ3) is 5.11. The molecule has 2 amide bonds. The van der Waals surface area contributed by atoms with Crippen molar-refractivity contribution in [3.8, 4) is 5.69 Å². The van der Waals surface area contributed by atoms with Crippen LogP contribution in [0.1, 0.15) is 31.2 Å². The number of hydrogen-bond acceptors (Lipinski definition) is 5. The van der Waals surface area contributed by atoms with Crippen LogP contribution in [0.25, 0.3) is 16.7 Å². The highest BCUT2D eigenvalue weighted by Crippen LogP contribution is 2.27. The van der Waals surface area contributed by atoms with Gasteiger partial charge >= 0.3 is 6.03 Å². The summed E-state index contributed by atoms with van der Waals surface area (Å²) in [6.07, 6.45) is 4.57. The molecule has 8 heteroatoms. The number of piperazine rings is 1. The molecule has 0 saturated carbocycles. The van der Waals surface area contributed by atoms with Gasteiger partial charge < -0.3 is 15.1 Å². The van der Waals surface area contributed by atoms with Crippen molar-refractivity contribution in [2.75, 3.05) is 37.6 Å². The zero-order valence-corrected chi connectivity index (χ0v) is 20.1. The molecule has 8 nitrogen and oxygen atoms in total. The Morgan fingerprint density at radius 2 is 1.66 bits per heavy atom. The first-order chi connectivity index (χ1) is 17.2. The lowest BCUT2D eigenvalue weighted by molar-refractivity contribution is 0.194. The molecule has 1 fully saturated rings. The van der Waals surface area contributed by atoms with E-state index in [-0.39, 0.29) is 6.03 Å². The number of fused-ring (bicyclic) bond motifs is 1. The Hall–Kier alpha value is -3.94. The predicted molar refractivity (Wildman–Crippen MR) is 138 cm³/mol. The minimum absolute atomic E-state index is 0.0209. The molecule has 1 N–H and O–H groups in total. The largest absolute Gasteiger partial charge is 0.352 e. The molecule has 2 aromatic carbocycles. The lowest BCUT2D eigenvalue weighted by Gasteiger charge is -2.35. The van der Waals surface area contributed by atoms with Crippen molar-refractivity contribution in [2.45, 2.75) is 26.2 Å². The highest BCUT2D eigenvalue weighted by molar-refractivity contribution is 5.88. The number of para-hydroxylation sites is 1. The summed E-state index contributed by atoms with van der Waals surface area (Å²) in [7, 11) is 0. The normalized spacial score (nSPS) is 13.9. The highest BCUT2D eigenvalue weighted by atomic mass is 16.2. The highest BCUT2D eigenvalue weighted by Gasteiger charge is 2.25. The SMILES string of the molecule is CCCCNC(=O)N1CCN(c2nc(Cc3ccccc3)nc3c2cnn3-c2ccccc2)CC1. The first-order valence-electron chi connectivity index (χ1n) is 12.3. The Bertz CT molecular complexity index is 1260. The first-order valence-corrected chi connectivity index (χ1v) is 12.3. The first kappa shape index (κ1) is 22.8. The number of aromatic nitrogens is 4. The van der Waals surface area contributed by atoms with E-state index < -0.39 is 0 Å². The van der Waals surface area contributed by atoms with Gasteiger partial charge in [0, 0.05) is 39.1 Å². The van der Waals surface area contributed by atoms with Crippen LogP contribution in [0.3, 0.4) is 0 Å². The number of benzene rings is 2. The van der Waals surface area contributed by atoms with Crippen LogP contribution in [0.2, 0.25) is 0 Å². The van der Waals surface area contributed by atoms with Crippen molar-refractivity contribution in [1.82, 2.24) is 30.0 Å². The number of unbranched alkanes of at least 4 members (excludes halogenated alkanes) is 1. The average Bonchev–Trinajstić information content (AvgIpc) is 3.33. The molecule has 3 heterocycles. The monoisotopic (exact) mass is 469 g/mol. The number of rotatable bonds is 7. The van der Waals surface area contributed by atoms with Gasteiger partial charge in [0.2, 0.25) is 0 Å². The molecule has 0 radical (unpaired) electrons. The number of hydrogen-bond donors (Lipinski definition) is 1. The maximum absolute atomic E-state index is 12.5. The quantitative estimate of drug-likeness (QED) is 0.413. The van der Waals surface area contributed by atoms with Crippen molar-refractivity contribution in [3.05, 3.63) is 78.2 Å². The minimum atomic E-state index is 0.0209. The van der Waals surface area contributed by atoms with Gasteiger partial charge in [-0.3, -0.25) is 0 Å². The second kappa shape index (κ2) is 10.5. The number of nitrogens with one attached hydrogen (secondary N) is 1.